The van der Waals surface area contributed by atoms with E-state index in [0.717, 1.165) is 23.6 Å². The third-order valence-corrected chi connectivity index (χ3v) is 4.50. The van der Waals surface area contributed by atoms with Crippen LogP contribution < -0.4 is 10.7 Å². The van der Waals surface area contributed by atoms with Crippen molar-refractivity contribution in [1.82, 2.24) is 15.1 Å². The molecule has 0 saturated heterocycles. The van der Waals surface area contributed by atoms with Gasteiger partial charge in [-0.15, -0.1) is 0 Å². The molecule has 2 aromatic rings. The number of aryl methyl sites for hydroxylation is 1. The van der Waals surface area contributed by atoms with Gasteiger partial charge in [-0.3, -0.25) is 19.7 Å². The van der Waals surface area contributed by atoms with Gasteiger partial charge in [0.15, 0.2) is 5.69 Å². The highest BCUT2D eigenvalue weighted by molar-refractivity contribution is 5.94. The van der Waals surface area contributed by atoms with Crippen LogP contribution in [0.25, 0.3) is 5.69 Å². The first kappa shape index (κ1) is 19.2. The average Bonchev–Trinajstić information content (AvgIpc) is 3.45. The van der Waals surface area contributed by atoms with Crippen molar-refractivity contribution >= 4 is 17.6 Å². The predicted molar refractivity (Wildman–Crippen MR) is 97.5 cm³/mol. The predicted octanol–water partition coefficient (Wildman–Crippen LogP) is 1.43. The Balaban J connectivity index is 1.98. The maximum Gasteiger partial charge on any atom is 0.326 e. The van der Waals surface area contributed by atoms with Crippen LogP contribution in [0.15, 0.2) is 35.1 Å². The lowest BCUT2D eigenvalue weighted by Gasteiger charge is -2.15. The fourth-order valence-electron chi connectivity index (χ4n) is 2.88. The first-order valence-electron chi connectivity index (χ1n) is 8.66. The van der Waals surface area contributed by atoms with E-state index in [1.807, 2.05) is 0 Å². The summed E-state index contributed by atoms with van der Waals surface area (Å²) >= 11 is 0. The lowest BCUT2D eigenvalue weighted by Crippen LogP contribution is -2.43. The smallest absolute Gasteiger partial charge is 0.326 e. The maximum atomic E-state index is 12.5. The van der Waals surface area contributed by atoms with E-state index in [0.29, 0.717) is 5.69 Å². The topological polar surface area (TPSA) is 144 Å². The Morgan fingerprint density at radius 1 is 1.39 bits per heavy atom. The summed E-state index contributed by atoms with van der Waals surface area (Å²) in [6.07, 6.45) is 2.10. The zero-order chi connectivity index (χ0) is 20.4. The van der Waals surface area contributed by atoms with Crippen molar-refractivity contribution in [2.75, 3.05) is 0 Å². The van der Waals surface area contributed by atoms with Crippen LogP contribution in [0.3, 0.4) is 0 Å². The van der Waals surface area contributed by atoms with Crippen molar-refractivity contribution in [1.29, 1.82) is 0 Å². The van der Waals surface area contributed by atoms with Crippen LogP contribution in [0.4, 0.5) is 5.69 Å². The number of hydrogen-bond acceptors (Lipinski definition) is 6. The van der Waals surface area contributed by atoms with E-state index >= 15 is 0 Å². The number of carboxylic acid groups (broad SMARTS) is 1. The third-order valence-electron chi connectivity index (χ3n) is 4.50. The molecule has 1 aliphatic rings. The van der Waals surface area contributed by atoms with Gasteiger partial charge in [0.1, 0.15) is 11.7 Å². The molecule has 1 heterocycles. The minimum absolute atomic E-state index is 0.0896. The Hall–Kier alpha value is -3.56. The fourth-order valence-corrected chi connectivity index (χ4v) is 2.88. The van der Waals surface area contributed by atoms with Gasteiger partial charge < -0.3 is 10.4 Å². The molecule has 146 valence electrons. The molecule has 1 aliphatic carbocycles. The molecule has 1 atom stereocenters. The van der Waals surface area contributed by atoms with Crippen molar-refractivity contribution in [3.8, 4) is 5.69 Å². The average molecular weight is 386 g/mol. The number of nitrogens with zero attached hydrogens (tertiary/aromatic N) is 3. The molecule has 10 nitrogen and oxygen atoms in total. The van der Waals surface area contributed by atoms with Crippen LogP contribution in [0.2, 0.25) is 0 Å². The van der Waals surface area contributed by atoms with Crippen molar-refractivity contribution in [2.45, 2.75) is 32.2 Å². The van der Waals surface area contributed by atoms with Gasteiger partial charge in [-0.25, -0.2) is 9.48 Å². The highest BCUT2D eigenvalue weighted by atomic mass is 16.6. The zero-order valence-electron chi connectivity index (χ0n) is 15.0. The van der Waals surface area contributed by atoms with Gasteiger partial charge in [0, 0.05) is 17.8 Å². The lowest BCUT2D eigenvalue weighted by molar-refractivity contribution is -0.384. The van der Waals surface area contributed by atoms with Crippen molar-refractivity contribution in [2.24, 2.45) is 5.92 Å². The summed E-state index contributed by atoms with van der Waals surface area (Å²) in [5.74, 6) is -1.87. The normalized spacial score (nSPS) is 14.3. The number of carbonyl (C=O) groups excluding carboxylic acids is 1. The summed E-state index contributed by atoms with van der Waals surface area (Å²) in [6.45, 7) is 1.53. The zero-order valence-corrected chi connectivity index (χ0v) is 15.0. The van der Waals surface area contributed by atoms with Crippen molar-refractivity contribution < 1.29 is 19.6 Å². The van der Waals surface area contributed by atoms with Gasteiger partial charge in [-0.05, 0) is 25.3 Å². The monoisotopic (exact) mass is 386 g/mol. The molecule has 1 unspecified atom stereocenters. The standard InChI is InChI=1S/C18H18N4O6/c1-10-8-15(23)16(17(24)19-12(18(25)26)9-11-6-7-11)20-21(10)13-4-2-3-5-14(13)22(27)28/h2-5,8,11-12H,6-7,9H2,1H3,(H,19,24)(H,25,26). The highest BCUT2D eigenvalue weighted by Gasteiger charge is 2.31. The molecule has 0 radical (unpaired) electrons. The summed E-state index contributed by atoms with van der Waals surface area (Å²) < 4.78 is 1.13. The number of aromatic nitrogens is 2. The number of carboxylic acids is 1. The summed E-state index contributed by atoms with van der Waals surface area (Å²) in [4.78, 5) is 46.8. The van der Waals surface area contributed by atoms with E-state index in [1.54, 1.807) is 6.07 Å². The fraction of sp³-hybridized carbons (Fsp3) is 0.333. The summed E-state index contributed by atoms with van der Waals surface area (Å²) in [5, 5.41) is 26.9. The maximum absolute atomic E-state index is 12.5. The number of para-hydroxylation sites is 2. The van der Waals surface area contributed by atoms with Crippen LogP contribution in [0.5, 0.6) is 0 Å². The molecule has 2 N–H and O–H groups in total. The van der Waals surface area contributed by atoms with E-state index in [-0.39, 0.29) is 23.7 Å². The first-order valence-corrected chi connectivity index (χ1v) is 8.66. The van der Waals surface area contributed by atoms with Crippen LogP contribution in [0, 0.1) is 23.0 Å². The largest absolute Gasteiger partial charge is 0.480 e. The molecular weight excluding hydrogens is 368 g/mol. The number of rotatable bonds is 7. The second kappa shape index (κ2) is 7.59. The van der Waals surface area contributed by atoms with Gasteiger partial charge in [0.25, 0.3) is 11.6 Å². The molecule has 0 bridgehead atoms. The first-order chi connectivity index (χ1) is 13.3. The Morgan fingerprint density at radius 3 is 2.68 bits per heavy atom. The number of nitro groups is 1. The van der Waals surface area contributed by atoms with Crippen LogP contribution in [-0.4, -0.2) is 37.7 Å². The van der Waals surface area contributed by atoms with Gasteiger partial charge >= 0.3 is 5.97 Å². The van der Waals surface area contributed by atoms with Crippen LogP contribution >= 0.6 is 0 Å². The second-order valence-electron chi connectivity index (χ2n) is 6.70. The Kier molecular flexibility index (Phi) is 5.21. The molecule has 1 saturated carbocycles. The SMILES string of the molecule is Cc1cc(=O)c(C(=O)NC(CC2CC2)C(=O)O)nn1-c1ccccc1[N+](=O)[O-]. The Labute approximate surface area is 159 Å². The summed E-state index contributed by atoms with van der Waals surface area (Å²) in [6, 6.07) is 5.79. The highest BCUT2D eigenvalue weighted by Crippen LogP contribution is 2.33. The van der Waals surface area contributed by atoms with E-state index in [4.69, 9.17) is 0 Å². The van der Waals surface area contributed by atoms with Gasteiger partial charge in [-0.1, -0.05) is 25.0 Å². The van der Waals surface area contributed by atoms with Gasteiger partial charge in [-0.2, -0.15) is 5.10 Å². The molecule has 28 heavy (non-hydrogen) atoms. The molecule has 0 spiro atoms. The number of nitro benzene ring substituents is 1. The van der Waals surface area contributed by atoms with Crippen LogP contribution in [0.1, 0.15) is 35.4 Å². The number of benzene rings is 1. The number of hydrogen-bond donors (Lipinski definition) is 2. The Bertz CT molecular complexity index is 1010. The molecule has 1 aromatic heterocycles. The molecule has 1 fully saturated rings. The van der Waals surface area contributed by atoms with Crippen molar-refractivity contribution in [3.05, 3.63) is 62.1 Å². The summed E-state index contributed by atoms with van der Waals surface area (Å²) in [5.41, 5.74) is -1.08. The molecule has 0 aliphatic heterocycles. The van der Waals surface area contributed by atoms with Gasteiger partial charge in [0.05, 0.1) is 4.92 Å². The van der Waals surface area contributed by atoms with E-state index in [1.165, 1.54) is 25.1 Å². The molecular formula is C18H18N4O6. The molecule has 10 heteroatoms. The number of aliphatic carboxylic acids is 1. The second-order valence-corrected chi connectivity index (χ2v) is 6.70. The number of amides is 1. The number of nitrogens with one attached hydrogen (secondary N) is 1. The van der Waals surface area contributed by atoms with E-state index in [9.17, 15) is 29.6 Å². The van der Waals surface area contributed by atoms with E-state index in [2.05, 4.69) is 10.4 Å². The quantitative estimate of drug-likeness (QED) is 0.541. The van der Waals surface area contributed by atoms with Crippen LogP contribution in [-0.2, 0) is 4.79 Å². The molecule has 3 rings (SSSR count). The Morgan fingerprint density at radius 2 is 2.07 bits per heavy atom. The third kappa shape index (κ3) is 4.05. The molecule has 1 aromatic carbocycles. The lowest BCUT2D eigenvalue weighted by atomic mass is 10.1. The minimum atomic E-state index is -1.19. The molecule has 1 amide bonds. The summed E-state index contributed by atoms with van der Waals surface area (Å²) in [7, 11) is 0. The van der Waals surface area contributed by atoms with Crippen molar-refractivity contribution in [3.63, 3.8) is 0 Å². The minimum Gasteiger partial charge on any atom is -0.480 e. The van der Waals surface area contributed by atoms with Gasteiger partial charge in [0.2, 0.25) is 5.43 Å². The number of carbonyl (C=O) groups is 2. The van der Waals surface area contributed by atoms with E-state index < -0.39 is 34.0 Å².